The Kier molecular flexibility index (Phi) is 10.0. The zero-order chi connectivity index (χ0) is 32.5. The lowest BCUT2D eigenvalue weighted by atomic mass is 9.68. The molecule has 9 nitrogen and oxygen atoms in total. The minimum Gasteiger partial charge on any atom is -0.490 e. The first-order chi connectivity index (χ1) is 22.1. The molecule has 2 N–H and O–H groups in total. The van der Waals surface area contributed by atoms with Crippen molar-refractivity contribution in [1.82, 2.24) is 4.72 Å². The van der Waals surface area contributed by atoms with Crippen LogP contribution in [-0.4, -0.2) is 76.9 Å². The van der Waals surface area contributed by atoms with Gasteiger partial charge in [-0.25, -0.2) is 13.1 Å². The number of aliphatic hydroxyl groups excluding tert-OH is 1. The molecule has 2 aliphatic carbocycles. The van der Waals surface area contributed by atoms with Gasteiger partial charge in [0.2, 0.25) is 10.0 Å². The molecule has 2 bridgehead atoms. The zero-order valence-electron chi connectivity index (χ0n) is 26.6. The molecular formula is C35H45ClN2O7S. The van der Waals surface area contributed by atoms with Gasteiger partial charge in [0, 0.05) is 36.2 Å². The van der Waals surface area contributed by atoms with Crippen molar-refractivity contribution in [2.24, 2.45) is 11.8 Å². The Morgan fingerprint density at radius 3 is 2.78 bits per heavy atom. The number of benzene rings is 2. The first-order valence-electron chi connectivity index (χ1n) is 16.5. The number of methoxy groups -OCH3 is 1. The van der Waals surface area contributed by atoms with Gasteiger partial charge in [-0.1, -0.05) is 36.7 Å². The largest absolute Gasteiger partial charge is 0.490 e. The molecule has 1 fully saturated rings. The van der Waals surface area contributed by atoms with E-state index >= 15 is 0 Å². The topological polar surface area (TPSA) is 114 Å². The molecule has 1 amide bonds. The standard InChI is InChI=1S/C35H45ClN2O7S/c1-3-33-32(44-17-16-43-2)8-4-7-30(39)27-12-9-25(27)20-38-21-35(15-5-6-23-18-26(36)11-13-28(23)35)22-45-31-14-10-24(19-29(31)38)34(40)37-46(33,41)42/h4,7,10-11,13-14,18-19,25,27,30,32-33,39H,3,5-6,8-9,12,15-17,20-22H2,1-2H3,(H,37,40)/b7-4+/t25-,27+,30-,32+,33+,35-/m0/s1. The third-order valence-electron chi connectivity index (χ3n) is 10.4. The second-order valence-corrected chi connectivity index (χ2v) is 15.6. The molecular weight excluding hydrogens is 628 g/mol. The van der Waals surface area contributed by atoms with Crippen molar-refractivity contribution in [3.8, 4) is 5.75 Å². The lowest BCUT2D eigenvalue weighted by Crippen LogP contribution is -2.49. The fourth-order valence-electron chi connectivity index (χ4n) is 7.86. The summed E-state index contributed by atoms with van der Waals surface area (Å²) in [7, 11) is -2.57. The van der Waals surface area contributed by atoms with E-state index in [2.05, 4.69) is 21.8 Å². The Morgan fingerprint density at radius 2 is 2.02 bits per heavy atom. The van der Waals surface area contributed by atoms with Crippen LogP contribution in [-0.2, 0) is 31.3 Å². The van der Waals surface area contributed by atoms with Crippen LogP contribution < -0.4 is 14.4 Å². The summed E-state index contributed by atoms with van der Waals surface area (Å²) in [5.41, 5.74) is 3.21. The summed E-state index contributed by atoms with van der Waals surface area (Å²) < 4.78 is 47.3. The Labute approximate surface area is 277 Å². The smallest absolute Gasteiger partial charge is 0.264 e. The number of halogens is 1. The molecule has 2 aromatic carbocycles. The van der Waals surface area contributed by atoms with Crippen LogP contribution in [0.15, 0.2) is 48.6 Å². The number of rotatable bonds is 5. The van der Waals surface area contributed by atoms with Crippen molar-refractivity contribution in [1.29, 1.82) is 0 Å². The molecule has 2 heterocycles. The van der Waals surface area contributed by atoms with Gasteiger partial charge < -0.3 is 24.2 Å². The summed E-state index contributed by atoms with van der Waals surface area (Å²) in [5, 5.41) is 11.0. The van der Waals surface area contributed by atoms with Gasteiger partial charge in [-0.15, -0.1) is 0 Å². The molecule has 0 saturated heterocycles. The number of amides is 1. The minimum atomic E-state index is -4.13. The summed E-state index contributed by atoms with van der Waals surface area (Å²) in [6.07, 6.45) is 7.55. The van der Waals surface area contributed by atoms with Crippen molar-refractivity contribution >= 4 is 33.2 Å². The van der Waals surface area contributed by atoms with Crippen LogP contribution in [0.3, 0.4) is 0 Å². The first-order valence-corrected chi connectivity index (χ1v) is 18.4. The van der Waals surface area contributed by atoms with Gasteiger partial charge in [-0.3, -0.25) is 4.79 Å². The maximum absolute atomic E-state index is 13.7. The van der Waals surface area contributed by atoms with Crippen molar-refractivity contribution < 1.29 is 32.5 Å². The summed E-state index contributed by atoms with van der Waals surface area (Å²) in [4.78, 5) is 15.9. The third kappa shape index (κ3) is 6.69. The Hall–Kier alpha value is -2.63. The molecule has 0 unspecified atom stereocenters. The predicted molar refractivity (Wildman–Crippen MR) is 178 cm³/mol. The molecule has 46 heavy (non-hydrogen) atoms. The van der Waals surface area contributed by atoms with Crippen LogP contribution in [0, 0.1) is 11.8 Å². The molecule has 4 aliphatic rings. The average molecular weight is 673 g/mol. The van der Waals surface area contributed by atoms with Gasteiger partial charge in [0.25, 0.3) is 5.91 Å². The lowest BCUT2D eigenvalue weighted by molar-refractivity contribution is 0.0156. The number of carbonyl (C=O) groups is 1. The quantitative estimate of drug-likeness (QED) is 0.336. The number of aryl methyl sites for hydroxylation is 1. The Morgan fingerprint density at radius 1 is 1.17 bits per heavy atom. The summed E-state index contributed by atoms with van der Waals surface area (Å²) in [6.45, 7) is 4.12. The first kappa shape index (κ1) is 33.3. The van der Waals surface area contributed by atoms with Gasteiger partial charge in [0.1, 0.15) is 11.0 Å². The summed E-state index contributed by atoms with van der Waals surface area (Å²) in [6, 6.07) is 11.3. The van der Waals surface area contributed by atoms with E-state index in [1.807, 2.05) is 12.1 Å². The second-order valence-electron chi connectivity index (χ2n) is 13.3. The Bertz CT molecular complexity index is 1570. The van der Waals surface area contributed by atoms with Crippen molar-refractivity contribution in [3.63, 3.8) is 0 Å². The van der Waals surface area contributed by atoms with E-state index in [-0.39, 0.29) is 42.3 Å². The lowest BCUT2D eigenvalue weighted by Gasteiger charge is -2.45. The number of fused-ring (bicyclic) bond motifs is 4. The molecule has 0 aromatic heterocycles. The van der Waals surface area contributed by atoms with E-state index in [0.29, 0.717) is 32.1 Å². The van der Waals surface area contributed by atoms with Crippen molar-refractivity contribution in [2.45, 2.75) is 74.7 Å². The predicted octanol–water partition coefficient (Wildman–Crippen LogP) is 5.03. The molecule has 6 rings (SSSR count). The number of nitrogens with zero attached hydrogens (tertiary/aromatic N) is 1. The normalized spacial score (nSPS) is 31.4. The monoisotopic (exact) mass is 672 g/mol. The van der Waals surface area contributed by atoms with E-state index in [0.717, 1.165) is 42.8 Å². The van der Waals surface area contributed by atoms with Gasteiger partial charge in [-0.05, 0) is 98.2 Å². The van der Waals surface area contributed by atoms with Crippen LogP contribution in [0.25, 0.3) is 0 Å². The van der Waals surface area contributed by atoms with Crippen LogP contribution in [0.1, 0.15) is 66.9 Å². The van der Waals surface area contributed by atoms with Crippen LogP contribution in [0.2, 0.25) is 5.02 Å². The van der Waals surface area contributed by atoms with Crippen LogP contribution in [0.5, 0.6) is 5.75 Å². The fourth-order valence-corrected chi connectivity index (χ4v) is 9.61. The molecule has 0 radical (unpaired) electrons. The fraction of sp³-hybridized carbons (Fsp3) is 0.571. The number of anilines is 1. The van der Waals surface area contributed by atoms with Crippen LogP contribution >= 0.6 is 11.6 Å². The molecule has 11 heteroatoms. The summed E-state index contributed by atoms with van der Waals surface area (Å²) in [5.74, 6) is 0.273. The number of ether oxygens (including phenoxy) is 3. The minimum absolute atomic E-state index is 0.0650. The number of sulfonamides is 1. The van der Waals surface area contributed by atoms with Gasteiger partial charge >= 0.3 is 0 Å². The zero-order valence-corrected chi connectivity index (χ0v) is 28.2. The van der Waals surface area contributed by atoms with Gasteiger partial charge in [-0.2, -0.15) is 0 Å². The number of nitrogens with one attached hydrogen (secondary N) is 1. The Balaban J connectivity index is 1.39. The molecule has 6 atom stereocenters. The van der Waals surface area contributed by atoms with Gasteiger partial charge in [0.15, 0.2) is 0 Å². The van der Waals surface area contributed by atoms with Crippen LogP contribution in [0.4, 0.5) is 5.69 Å². The molecule has 2 aromatic rings. The number of aliphatic hydroxyl groups is 1. The highest BCUT2D eigenvalue weighted by molar-refractivity contribution is 7.90. The average Bonchev–Trinajstić information content (AvgIpc) is 3.15. The molecule has 250 valence electrons. The van der Waals surface area contributed by atoms with Gasteiger partial charge in [0.05, 0.1) is 37.7 Å². The van der Waals surface area contributed by atoms with Crippen molar-refractivity contribution in [2.75, 3.05) is 44.9 Å². The highest BCUT2D eigenvalue weighted by atomic mass is 35.5. The highest BCUT2D eigenvalue weighted by Gasteiger charge is 2.44. The highest BCUT2D eigenvalue weighted by Crippen LogP contribution is 2.46. The molecule has 1 spiro atoms. The summed E-state index contributed by atoms with van der Waals surface area (Å²) >= 11 is 6.40. The van der Waals surface area contributed by atoms with E-state index in [1.165, 1.54) is 11.1 Å². The third-order valence-corrected chi connectivity index (χ3v) is 12.6. The SMILES string of the molecule is CC[C@@H]1[C@H](OCCOC)C/C=C/[C@H](O)[C@@H]2CC[C@H]2CN2C[C@@]3(CCCc4cc(Cl)ccc43)COc3ccc(cc32)C(=O)NS1(=O)=O. The number of hydrogen-bond acceptors (Lipinski definition) is 8. The molecule has 1 saturated carbocycles. The number of hydrogen-bond donors (Lipinski definition) is 2. The maximum Gasteiger partial charge on any atom is 0.264 e. The number of carbonyl (C=O) groups excluding carboxylic acids is 1. The van der Waals surface area contributed by atoms with E-state index in [4.69, 9.17) is 25.8 Å². The maximum atomic E-state index is 13.7. The second kappa shape index (κ2) is 13.8. The van der Waals surface area contributed by atoms with E-state index < -0.39 is 33.4 Å². The van der Waals surface area contributed by atoms with E-state index in [9.17, 15) is 18.3 Å². The molecule has 2 aliphatic heterocycles. The van der Waals surface area contributed by atoms with Crippen molar-refractivity contribution in [3.05, 3.63) is 70.3 Å². The van der Waals surface area contributed by atoms with E-state index in [1.54, 1.807) is 38.3 Å².